The highest BCUT2D eigenvalue weighted by molar-refractivity contribution is 6.37. The van der Waals surface area contributed by atoms with Crippen LogP contribution in [0.3, 0.4) is 0 Å². The molecule has 0 fully saturated rings. The molecule has 2 heterocycles. The van der Waals surface area contributed by atoms with Crippen molar-refractivity contribution in [3.63, 3.8) is 0 Å². The van der Waals surface area contributed by atoms with Gasteiger partial charge in [-0.15, -0.1) is 10.2 Å². The minimum atomic E-state index is 0.250. The summed E-state index contributed by atoms with van der Waals surface area (Å²) < 4.78 is 1.71. The monoisotopic (exact) mass is 278 g/mol. The molecule has 0 aliphatic rings. The lowest BCUT2D eigenvalue weighted by Crippen LogP contribution is -1.93. The molecule has 2 aromatic heterocycles. The zero-order chi connectivity index (χ0) is 12.7. The number of aromatic nitrogens is 4. The molecule has 1 aromatic carbocycles. The minimum absolute atomic E-state index is 0.250. The fraction of sp³-hybridized carbons (Fsp3) is 0.0833. The number of aryl methyl sites for hydroxylation is 1. The molecule has 0 atom stereocenters. The maximum absolute atomic E-state index is 5.97. The normalized spacial score (nSPS) is 11.1. The van der Waals surface area contributed by atoms with Crippen molar-refractivity contribution in [3.05, 3.63) is 46.3 Å². The van der Waals surface area contributed by atoms with E-state index in [1.54, 1.807) is 10.9 Å². The number of fused-ring (bicyclic) bond motifs is 1. The lowest BCUT2D eigenvalue weighted by Gasteiger charge is -2.00. The van der Waals surface area contributed by atoms with Crippen molar-refractivity contribution < 1.29 is 0 Å². The molecule has 0 spiro atoms. The summed E-state index contributed by atoms with van der Waals surface area (Å²) in [6.07, 6.45) is 1.79. The number of hydrogen-bond donors (Lipinski definition) is 0. The van der Waals surface area contributed by atoms with E-state index in [9.17, 15) is 0 Å². The predicted molar refractivity (Wildman–Crippen MR) is 71.4 cm³/mol. The second kappa shape index (κ2) is 4.23. The Morgan fingerprint density at radius 2 is 1.67 bits per heavy atom. The summed E-state index contributed by atoms with van der Waals surface area (Å²) in [7, 11) is 0. The Kier molecular flexibility index (Phi) is 2.69. The van der Waals surface area contributed by atoms with Gasteiger partial charge in [0.25, 0.3) is 0 Å². The van der Waals surface area contributed by atoms with Gasteiger partial charge in [0.05, 0.1) is 11.1 Å². The first-order valence-corrected chi connectivity index (χ1v) is 6.05. The van der Waals surface area contributed by atoms with E-state index in [-0.39, 0.29) is 5.15 Å². The van der Waals surface area contributed by atoms with E-state index < -0.39 is 0 Å². The zero-order valence-electron chi connectivity index (χ0n) is 9.43. The van der Waals surface area contributed by atoms with Crippen LogP contribution in [0.5, 0.6) is 0 Å². The Morgan fingerprint density at radius 1 is 1.00 bits per heavy atom. The summed E-state index contributed by atoms with van der Waals surface area (Å²) in [5.74, 6) is 0. The molecule has 3 aromatic rings. The van der Waals surface area contributed by atoms with Gasteiger partial charge in [-0.05, 0) is 19.1 Å². The highest BCUT2D eigenvalue weighted by Crippen LogP contribution is 2.25. The number of rotatable bonds is 1. The maximum Gasteiger partial charge on any atom is 0.179 e. The Morgan fingerprint density at radius 3 is 2.33 bits per heavy atom. The first-order valence-electron chi connectivity index (χ1n) is 5.29. The maximum atomic E-state index is 5.97. The van der Waals surface area contributed by atoms with Gasteiger partial charge in [-0.25, -0.2) is 4.68 Å². The Labute approximate surface area is 113 Å². The number of nitrogens with zero attached hydrogens (tertiary/aromatic N) is 4. The third-order valence-corrected chi connectivity index (χ3v) is 3.19. The van der Waals surface area contributed by atoms with Crippen molar-refractivity contribution in [2.75, 3.05) is 0 Å². The second-order valence-electron chi connectivity index (χ2n) is 3.95. The number of halogens is 2. The largest absolute Gasteiger partial charge is 0.240 e. The Hall–Kier alpha value is -1.65. The van der Waals surface area contributed by atoms with Gasteiger partial charge < -0.3 is 0 Å². The van der Waals surface area contributed by atoms with Crippen molar-refractivity contribution in [1.29, 1.82) is 0 Å². The standard InChI is InChI=1S/C12H8Cl2N4/c1-7-2-4-8(5-3-7)18-6-9-10(17-18)12(14)16-15-11(9)13/h2-6H,1H3. The highest BCUT2D eigenvalue weighted by Gasteiger charge is 2.11. The third-order valence-electron chi connectivity index (χ3n) is 2.66. The molecule has 4 nitrogen and oxygen atoms in total. The first kappa shape index (κ1) is 11.4. The molecule has 0 saturated heterocycles. The molecule has 0 unspecified atom stereocenters. The molecular weight excluding hydrogens is 271 g/mol. The van der Waals surface area contributed by atoms with Crippen molar-refractivity contribution in [2.24, 2.45) is 0 Å². The fourth-order valence-corrected chi connectivity index (χ4v) is 2.05. The third kappa shape index (κ3) is 1.83. The number of benzene rings is 1. The van der Waals surface area contributed by atoms with Crippen LogP contribution in [-0.4, -0.2) is 20.0 Å². The molecule has 3 rings (SSSR count). The Bertz CT molecular complexity index is 680. The molecule has 6 heteroatoms. The van der Waals surface area contributed by atoms with Crippen LogP contribution in [0.25, 0.3) is 16.6 Å². The van der Waals surface area contributed by atoms with E-state index in [1.165, 1.54) is 5.56 Å². The molecule has 0 radical (unpaired) electrons. The Balaban J connectivity index is 2.22. The van der Waals surface area contributed by atoms with Crippen LogP contribution in [0.15, 0.2) is 30.5 Å². The smallest absolute Gasteiger partial charge is 0.179 e. The van der Waals surface area contributed by atoms with Gasteiger partial charge in [-0.2, -0.15) is 5.10 Å². The molecule has 0 saturated carbocycles. The van der Waals surface area contributed by atoms with Gasteiger partial charge in [0, 0.05) is 6.20 Å². The SMILES string of the molecule is Cc1ccc(-n2cc3c(Cl)nnc(Cl)c3n2)cc1. The predicted octanol–water partition coefficient (Wildman–Crippen LogP) is 3.43. The quantitative estimate of drug-likeness (QED) is 0.685. The van der Waals surface area contributed by atoms with Crippen molar-refractivity contribution in [2.45, 2.75) is 6.92 Å². The van der Waals surface area contributed by atoms with Crippen LogP contribution in [0.1, 0.15) is 5.56 Å². The van der Waals surface area contributed by atoms with Crippen LogP contribution in [0, 0.1) is 6.92 Å². The summed E-state index contributed by atoms with van der Waals surface area (Å²) in [6.45, 7) is 2.03. The van der Waals surface area contributed by atoms with Crippen LogP contribution < -0.4 is 0 Å². The molecular formula is C12H8Cl2N4. The van der Waals surface area contributed by atoms with Gasteiger partial charge >= 0.3 is 0 Å². The first-order chi connectivity index (χ1) is 8.65. The van der Waals surface area contributed by atoms with Crippen molar-refractivity contribution in [3.8, 4) is 5.69 Å². The van der Waals surface area contributed by atoms with Gasteiger partial charge in [-0.3, -0.25) is 0 Å². The molecule has 0 N–H and O–H groups in total. The van der Waals surface area contributed by atoms with Gasteiger partial charge in [0.15, 0.2) is 10.3 Å². The summed E-state index contributed by atoms with van der Waals surface area (Å²) in [5.41, 5.74) is 2.68. The van der Waals surface area contributed by atoms with E-state index in [2.05, 4.69) is 15.3 Å². The molecule has 18 heavy (non-hydrogen) atoms. The fourth-order valence-electron chi connectivity index (χ4n) is 1.70. The van der Waals surface area contributed by atoms with E-state index in [1.807, 2.05) is 31.2 Å². The van der Waals surface area contributed by atoms with Crippen LogP contribution in [0.4, 0.5) is 0 Å². The van der Waals surface area contributed by atoms with Gasteiger partial charge in [0.2, 0.25) is 0 Å². The van der Waals surface area contributed by atoms with Gasteiger partial charge in [-0.1, -0.05) is 40.9 Å². The lowest BCUT2D eigenvalue weighted by molar-refractivity contribution is 0.894. The van der Waals surface area contributed by atoms with Crippen LogP contribution in [-0.2, 0) is 0 Å². The number of hydrogen-bond acceptors (Lipinski definition) is 3. The van der Waals surface area contributed by atoms with E-state index in [0.29, 0.717) is 16.1 Å². The molecule has 90 valence electrons. The molecule has 0 aliphatic carbocycles. The van der Waals surface area contributed by atoms with E-state index >= 15 is 0 Å². The lowest BCUT2D eigenvalue weighted by atomic mass is 10.2. The highest BCUT2D eigenvalue weighted by atomic mass is 35.5. The molecule has 0 bridgehead atoms. The van der Waals surface area contributed by atoms with Crippen LogP contribution in [0.2, 0.25) is 10.3 Å². The minimum Gasteiger partial charge on any atom is -0.240 e. The molecule has 0 aliphatic heterocycles. The topological polar surface area (TPSA) is 43.6 Å². The summed E-state index contributed by atoms with van der Waals surface area (Å²) >= 11 is 11.9. The van der Waals surface area contributed by atoms with E-state index in [0.717, 1.165) is 5.69 Å². The van der Waals surface area contributed by atoms with Crippen molar-refractivity contribution in [1.82, 2.24) is 20.0 Å². The summed E-state index contributed by atoms with van der Waals surface area (Å²) in [5, 5.41) is 13.1. The second-order valence-corrected chi connectivity index (χ2v) is 4.67. The van der Waals surface area contributed by atoms with Crippen LogP contribution >= 0.6 is 23.2 Å². The van der Waals surface area contributed by atoms with Gasteiger partial charge in [0.1, 0.15) is 5.52 Å². The summed E-state index contributed by atoms with van der Waals surface area (Å²) in [4.78, 5) is 0. The zero-order valence-corrected chi connectivity index (χ0v) is 10.9. The average molecular weight is 279 g/mol. The van der Waals surface area contributed by atoms with E-state index in [4.69, 9.17) is 23.2 Å². The average Bonchev–Trinajstić information content (AvgIpc) is 2.81. The molecule has 0 amide bonds. The summed E-state index contributed by atoms with van der Waals surface area (Å²) in [6, 6.07) is 7.98. The van der Waals surface area contributed by atoms with Crippen molar-refractivity contribution >= 4 is 34.1 Å².